The van der Waals surface area contributed by atoms with Gasteiger partial charge in [0, 0.05) is 42.6 Å². The molecule has 3 saturated heterocycles. The van der Waals surface area contributed by atoms with Gasteiger partial charge in [-0.15, -0.1) is 0 Å². The summed E-state index contributed by atoms with van der Waals surface area (Å²) in [6, 6.07) is 10.5. The number of carbonyl (C=O) groups excluding carboxylic acids is 1. The van der Waals surface area contributed by atoms with Crippen LogP contribution >= 0.6 is 11.6 Å². The zero-order chi connectivity index (χ0) is 26.3. The van der Waals surface area contributed by atoms with E-state index in [4.69, 9.17) is 26.2 Å². The van der Waals surface area contributed by atoms with Crippen molar-refractivity contribution in [3.8, 4) is 0 Å². The number of ether oxygens (including phenoxy) is 1. The Morgan fingerprint density at radius 2 is 1.86 bits per heavy atom. The van der Waals surface area contributed by atoms with Gasteiger partial charge in [-0.25, -0.2) is 13.2 Å². The highest BCUT2D eigenvalue weighted by atomic mass is 35.5. The molecule has 3 aliphatic rings. The van der Waals surface area contributed by atoms with E-state index in [2.05, 4.69) is 4.98 Å². The minimum Gasteiger partial charge on any atom is -0.475 e. The monoisotopic (exact) mass is 547 g/mol. The number of hydrogen-bond donors (Lipinski definition) is 1. The summed E-state index contributed by atoms with van der Waals surface area (Å²) in [5, 5.41) is 7.06. The fourth-order valence-corrected chi connectivity index (χ4v) is 7.27. The van der Waals surface area contributed by atoms with Gasteiger partial charge >= 0.3 is 12.1 Å². The van der Waals surface area contributed by atoms with Gasteiger partial charge < -0.3 is 14.7 Å². The van der Waals surface area contributed by atoms with E-state index in [1.54, 1.807) is 41.6 Å². The van der Waals surface area contributed by atoms with Gasteiger partial charge in [0.2, 0.25) is 10.0 Å². The van der Waals surface area contributed by atoms with Gasteiger partial charge in [0.15, 0.2) is 0 Å². The number of aliphatic carboxylic acids is 1. The van der Waals surface area contributed by atoms with Gasteiger partial charge in [-0.1, -0.05) is 23.7 Å². The zero-order valence-electron chi connectivity index (χ0n) is 18.6. The molecule has 1 aromatic carbocycles. The van der Waals surface area contributed by atoms with Crippen molar-refractivity contribution in [1.29, 1.82) is 0 Å². The van der Waals surface area contributed by atoms with Gasteiger partial charge in [-0.2, -0.15) is 17.5 Å². The summed E-state index contributed by atoms with van der Waals surface area (Å²) in [7, 11) is -3.54. The molecule has 14 heteroatoms. The molecule has 0 aliphatic carbocycles. The molecule has 1 aromatic heterocycles. The third kappa shape index (κ3) is 5.19. The third-order valence-corrected chi connectivity index (χ3v) is 8.77. The Bertz CT molecular complexity index is 1260. The van der Waals surface area contributed by atoms with Crippen LogP contribution in [0.15, 0.2) is 48.8 Å². The molecule has 2 aromatic rings. The van der Waals surface area contributed by atoms with Crippen LogP contribution in [0.3, 0.4) is 0 Å². The van der Waals surface area contributed by atoms with Crippen molar-refractivity contribution in [3.63, 3.8) is 0 Å². The molecule has 5 rings (SSSR count). The van der Waals surface area contributed by atoms with Gasteiger partial charge in [0.25, 0.3) is 5.91 Å². The standard InChI is InChI=1S/C20H20ClN3O4S.C2HF3O2/c21-16-3-1-2-14(8-16)10-24-13-20-12-23(19(25)15-4-6-22-7-5-15)11-17(28-20)9-18(20)29(24,26)27;3-2(4,5)1(6)7/h1-8,17-18H,9-13H2;(H,6,7)/t17-,18+,20+;/m1./s1. The molecule has 0 unspecified atom stereocenters. The molecule has 3 atom stereocenters. The Balaban J connectivity index is 0.000000384. The minimum absolute atomic E-state index is 0.119. The molecule has 1 spiro atoms. The number of alkyl halides is 3. The van der Waals surface area contributed by atoms with E-state index in [-0.39, 0.29) is 31.6 Å². The predicted molar refractivity (Wildman–Crippen MR) is 121 cm³/mol. The Morgan fingerprint density at radius 1 is 1.19 bits per heavy atom. The van der Waals surface area contributed by atoms with Crippen LogP contribution in [0.4, 0.5) is 13.2 Å². The second kappa shape index (κ2) is 9.61. The van der Waals surface area contributed by atoms with Crippen molar-refractivity contribution in [2.45, 2.75) is 36.1 Å². The molecular formula is C22H21ClF3N3O6S. The number of rotatable bonds is 3. The maximum atomic E-state index is 13.2. The molecule has 2 bridgehead atoms. The number of sulfonamides is 1. The quantitative estimate of drug-likeness (QED) is 0.627. The van der Waals surface area contributed by atoms with Gasteiger partial charge in [0.05, 0.1) is 12.6 Å². The number of carboxylic acid groups (broad SMARTS) is 1. The van der Waals surface area contributed by atoms with Crippen LogP contribution in [0.5, 0.6) is 0 Å². The molecule has 4 heterocycles. The van der Waals surface area contributed by atoms with Gasteiger partial charge in [-0.3, -0.25) is 9.78 Å². The minimum atomic E-state index is -5.08. The van der Waals surface area contributed by atoms with E-state index >= 15 is 0 Å². The normalized spacial score (nSPS) is 26.6. The maximum absolute atomic E-state index is 13.2. The number of hydrogen-bond acceptors (Lipinski definition) is 6. The lowest BCUT2D eigenvalue weighted by atomic mass is 9.99. The van der Waals surface area contributed by atoms with E-state index in [1.807, 2.05) is 12.1 Å². The van der Waals surface area contributed by atoms with Crippen LogP contribution in [-0.4, -0.2) is 82.4 Å². The van der Waals surface area contributed by atoms with Gasteiger partial charge in [-0.05, 0) is 36.2 Å². The number of morpholine rings is 1. The summed E-state index contributed by atoms with van der Waals surface area (Å²) >= 11 is 6.05. The first kappa shape index (κ1) is 26.3. The van der Waals surface area contributed by atoms with Crippen LogP contribution in [0.25, 0.3) is 0 Å². The summed E-state index contributed by atoms with van der Waals surface area (Å²) in [5.41, 5.74) is 0.489. The molecule has 3 aliphatic heterocycles. The SMILES string of the molecule is O=C(O)C(F)(F)F.O=C(c1ccncc1)N1C[C@H]2C[C@H]3[C@](C1)(CN(Cc1cccc(Cl)c1)S3(=O)=O)O2. The molecular weight excluding hydrogens is 527 g/mol. The van der Waals surface area contributed by atoms with Crippen molar-refractivity contribution in [3.05, 3.63) is 64.9 Å². The van der Waals surface area contributed by atoms with Crippen molar-refractivity contribution >= 4 is 33.5 Å². The number of halogens is 4. The summed E-state index contributed by atoms with van der Waals surface area (Å²) in [6.45, 7) is 1.15. The molecule has 1 N–H and O–H groups in total. The number of fused-ring (bicyclic) bond motifs is 1. The average Bonchev–Trinajstić information content (AvgIpc) is 3.18. The highest BCUT2D eigenvalue weighted by Gasteiger charge is 2.65. The molecule has 9 nitrogen and oxygen atoms in total. The smallest absolute Gasteiger partial charge is 0.475 e. The first-order valence-electron chi connectivity index (χ1n) is 10.7. The van der Waals surface area contributed by atoms with Gasteiger partial charge in [0.1, 0.15) is 10.9 Å². The third-order valence-electron chi connectivity index (χ3n) is 6.22. The first-order valence-corrected chi connectivity index (χ1v) is 12.6. The van der Waals surface area contributed by atoms with E-state index in [0.29, 0.717) is 23.6 Å². The van der Waals surface area contributed by atoms with Crippen molar-refractivity contribution < 1.29 is 41.0 Å². The number of nitrogens with zero attached hydrogens (tertiary/aromatic N) is 3. The second-order valence-electron chi connectivity index (χ2n) is 8.70. The number of carboxylic acids is 1. The number of likely N-dealkylation sites (tertiary alicyclic amines) is 1. The number of amides is 1. The van der Waals surface area contributed by atoms with E-state index in [9.17, 15) is 26.4 Å². The molecule has 36 heavy (non-hydrogen) atoms. The first-order chi connectivity index (χ1) is 16.8. The largest absolute Gasteiger partial charge is 0.490 e. The van der Waals surface area contributed by atoms with Crippen molar-refractivity contribution in [2.75, 3.05) is 19.6 Å². The number of pyridine rings is 1. The second-order valence-corrected chi connectivity index (χ2v) is 11.2. The van der Waals surface area contributed by atoms with Crippen LogP contribution in [0.2, 0.25) is 5.02 Å². The van der Waals surface area contributed by atoms with Crippen molar-refractivity contribution in [1.82, 2.24) is 14.2 Å². The van der Waals surface area contributed by atoms with E-state index < -0.39 is 33.0 Å². The Kier molecular flexibility index (Phi) is 7.03. The van der Waals surface area contributed by atoms with Crippen LogP contribution in [-0.2, 0) is 26.1 Å². The Hall–Kier alpha value is -2.74. The topological polar surface area (TPSA) is 117 Å². The molecule has 0 saturated carbocycles. The number of carbonyl (C=O) groups is 2. The lowest BCUT2D eigenvalue weighted by Crippen LogP contribution is -2.56. The Morgan fingerprint density at radius 3 is 2.47 bits per heavy atom. The zero-order valence-corrected chi connectivity index (χ0v) is 20.1. The van der Waals surface area contributed by atoms with E-state index in [0.717, 1.165) is 5.56 Å². The highest BCUT2D eigenvalue weighted by Crippen LogP contribution is 2.47. The Labute approximate surface area is 209 Å². The average molecular weight is 548 g/mol. The maximum Gasteiger partial charge on any atom is 0.490 e. The van der Waals surface area contributed by atoms with Crippen molar-refractivity contribution in [2.24, 2.45) is 0 Å². The molecule has 3 fully saturated rings. The van der Waals surface area contributed by atoms with E-state index in [1.165, 1.54) is 4.31 Å². The summed E-state index contributed by atoms with van der Waals surface area (Å²) in [5.74, 6) is -2.88. The number of aromatic nitrogens is 1. The molecule has 194 valence electrons. The van der Waals surface area contributed by atoms with Crippen LogP contribution in [0.1, 0.15) is 22.3 Å². The molecule has 0 radical (unpaired) electrons. The van der Waals surface area contributed by atoms with Crippen LogP contribution in [0, 0.1) is 0 Å². The highest BCUT2D eigenvalue weighted by molar-refractivity contribution is 7.90. The molecule has 1 amide bonds. The summed E-state index contributed by atoms with van der Waals surface area (Å²) in [4.78, 5) is 27.5. The fraction of sp³-hybridized carbons (Fsp3) is 0.409. The summed E-state index contributed by atoms with van der Waals surface area (Å²) in [6.07, 6.45) is -1.77. The predicted octanol–water partition coefficient (Wildman–Crippen LogP) is 2.57. The lowest BCUT2D eigenvalue weighted by Gasteiger charge is -2.39. The lowest BCUT2D eigenvalue weighted by molar-refractivity contribution is -0.192. The number of benzene rings is 1. The van der Waals surface area contributed by atoms with Crippen LogP contribution < -0.4 is 0 Å². The fourth-order valence-electron chi connectivity index (χ4n) is 4.76. The summed E-state index contributed by atoms with van der Waals surface area (Å²) < 4.78 is 65.9.